The summed E-state index contributed by atoms with van der Waals surface area (Å²) < 4.78 is 6.48. The van der Waals surface area contributed by atoms with E-state index >= 15 is 4.79 Å². The highest BCUT2D eigenvalue weighted by Crippen LogP contribution is 2.60. The van der Waals surface area contributed by atoms with Crippen molar-refractivity contribution in [3.63, 3.8) is 0 Å². The molecule has 1 aliphatic heterocycles. The van der Waals surface area contributed by atoms with Gasteiger partial charge in [-0.25, -0.2) is 4.79 Å². The number of esters is 1. The van der Waals surface area contributed by atoms with Gasteiger partial charge < -0.3 is 4.74 Å². The van der Waals surface area contributed by atoms with Crippen LogP contribution in [-0.2, 0) is 14.3 Å². The maximum atomic E-state index is 15.2. The van der Waals surface area contributed by atoms with Gasteiger partial charge in [0.1, 0.15) is 11.2 Å². The van der Waals surface area contributed by atoms with Gasteiger partial charge in [-0.15, -0.1) is 0 Å². The summed E-state index contributed by atoms with van der Waals surface area (Å²) in [6, 6.07) is 0. The van der Waals surface area contributed by atoms with Crippen LogP contribution >= 0.6 is 0 Å². The first kappa shape index (κ1) is 29.1. The molecule has 0 radical (unpaired) electrons. The molecule has 4 aliphatic carbocycles. The van der Waals surface area contributed by atoms with E-state index in [0.717, 1.165) is 24.0 Å². The standard InChI is InChI=1S/C37H50O3/c1-11-28-17-24(6)31-18-22(4)20(2)12-13-21(3)30-15-14-29-26(8)23(5)16-25(7)33(29)36(30,10)34(38)32-27(9)37(31,19-28)40-35(32)39/h11,13-15,17-18,20,23-26,29-31,33H,1,12,16,19H2,2-10H3/b21-13+,22-18+. The molecule has 0 aromatic rings. The Labute approximate surface area is 242 Å². The van der Waals surface area contributed by atoms with Crippen LogP contribution in [0.5, 0.6) is 0 Å². The van der Waals surface area contributed by atoms with Crippen molar-refractivity contribution < 1.29 is 14.3 Å². The lowest BCUT2D eigenvalue weighted by molar-refractivity contribution is -0.153. The third kappa shape index (κ3) is 4.12. The monoisotopic (exact) mass is 542 g/mol. The van der Waals surface area contributed by atoms with Gasteiger partial charge in [-0.2, -0.15) is 0 Å². The van der Waals surface area contributed by atoms with Gasteiger partial charge in [-0.1, -0.05) is 95.7 Å². The summed E-state index contributed by atoms with van der Waals surface area (Å²) in [6.07, 6.45) is 16.2. The molecule has 11 atom stereocenters. The molecule has 1 spiro atoms. The maximum Gasteiger partial charge on any atom is 0.342 e. The highest BCUT2D eigenvalue weighted by atomic mass is 16.6. The fourth-order valence-corrected chi connectivity index (χ4v) is 9.46. The Morgan fingerprint density at radius 2 is 1.68 bits per heavy atom. The van der Waals surface area contributed by atoms with Gasteiger partial charge in [-0.05, 0) is 86.2 Å². The summed E-state index contributed by atoms with van der Waals surface area (Å²) in [7, 11) is 0. The van der Waals surface area contributed by atoms with Gasteiger partial charge in [0.15, 0.2) is 5.78 Å². The Hall–Kier alpha value is -2.42. The molecule has 216 valence electrons. The fraction of sp³-hybridized carbons (Fsp3) is 0.622. The van der Waals surface area contributed by atoms with E-state index in [2.05, 4.69) is 92.3 Å². The zero-order valence-corrected chi connectivity index (χ0v) is 26.2. The van der Waals surface area contributed by atoms with Crippen LogP contribution in [0.3, 0.4) is 0 Å². The Bertz CT molecular complexity index is 1270. The summed E-state index contributed by atoms with van der Waals surface area (Å²) >= 11 is 0. The van der Waals surface area contributed by atoms with Crippen LogP contribution < -0.4 is 0 Å². The molecule has 5 rings (SSSR count). The molecule has 1 fully saturated rings. The second-order valence-corrected chi connectivity index (χ2v) is 14.4. The second kappa shape index (κ2) is 10.1. The van der Waals surface area contributed by atoms with Gasteiger partial charge in [0.05, 0.1) is 0 Å². The maximum absolute atomic E-state index is 15.2. The molecule has 0 amide bonds. The number of allylic oxidation sites excluding steroid dienone is 7. The lowest BCUT2D eigenvalue weighted by atomic mass is 9.47. The van der Waals surface area contributed by atoms with E-state index in [1.165, 1.54) is 11.1 Å². The van der Waals surface area contributed by atoms with Crippen molar-refractivity contribution >= 4 is 11.8 Å². The van der Waals surface area contributed by atoms with Crippen molar-refractivity contribution in [1.82, 2.24) is 0 Å². The quantitative estimate of drug-likeness (QED) is 0.189. The molecule has 3 heteroatoms. The zero-order valence-electron chi connectivity index (χ0n) is 26.2. The fourth-order valence-electron chi connectivity index (χ4n) is 9.46. The Morgan fingerprint density at radius 3 is 2.35 bits per heavy atom. The summed E-state index contributed by atoms with van der Waals surface area (Å²) in [5.41, 5.74) is 3.19. The van der Waals surface area contributed by atoms with E-state index in [1.807, 2.05) is 13.0 Å². The second-order valence-electron chi connectivity index (χ2n) is 14.4. The zero-order chi connectivity index (χ0) is 29.3. The molecule has 1 saturated carbocycles. The number of carbonyl (C=O) groups excluding carboxylic acids is 2. The van der Waals surface area contributed by atoms with Crippen LogP contribution in [0.15, 0.2) is 70.9 Å². The molecule has 1 heterocycles. The van der Waals surface area contributed by atoms with Gasteiger partial charge in [0.25, 0.3) is 0 Å². The van der Waals surface area contributed by atoms with Gasteiger partial charge >= 0.3 is 5.97 Å². The number of ether oxygens (including phenoxy) is 1. The van der Waals surface area contributed by atoms with Crippen LogP contribution in [0.25, 0.3) is 0 Å². The third-order valence-corrected chi connectivity index (χ3v) is 12.2. The minimum atomic E-state index is -0.854. The molecule has 0 aromatic carbocycles. The number of hydrogen-bond donors (Lipinski definition) is 0. The van der Waals surface area contributed by atoms with Crippen molar-refractivity contribution in [3.8, 4) is 0 Å². The minimum absolute atomic E-state index is 0.00770. The van der Waals surface area contributed by atoms with E-state index < -0.39 is 17.0 Å². The Balaban J connectivity index is 1.78. The van der Waals surface area contributed by atoms with Gasteiger partial charge in [0, 0.05) is 23.7 Å². The lowest BCUT2D eigenvalue weighted by Gasteiger charge is -2.55. The SMILES string of the molecule is C=CC1=CC(C)C2/C=C(\C)C(C)C/C=C(\C)C3C=CC4C(C)C(C)CC(C)C4C3(C)C(=O)C3=C(C)C2(C1)OC3=O. The van der Waals surface area contributed by atoms with Crippen molar-refractivity contribution in [1.29, 1.82) is 0 Å². The lowest BCUT2D eigenvalue weighted by Crippen LogP contribution is -2.54. The molecule has 11 unspecified atom stereocenters. The summed E-state index contributed by atoms with van der Waals surface area (Å²) in [5, 5.41) is 0. The van der Waals surface area contributed by atoms with Crippen LogP contribution in [0.2, 0.25) is 0 Å². The normalized spacial score (nSPS) is 48.0. The summed E-state index contributed by atoms with van der Waals surface area (Å²) in [6.45, 7) is 24.2. The molecule has 40 heavy (non-hydrogen) atoms. The topological polar surface area (TPSA) is 43.4 Å². The largest absolute Gasteiger partial charge is 0.450 e. The number of hydrogen-bond acceptors (Lipinski definition) is 3. The number of Topliss-reactive ketones (excluding diaryl/α,β-unsaturated/α-hetero) is 1. The number of ketones is 1. The van der Waals surface area contributed by atoms with Crippen LogP contribution in [0.4, 0.5) is 0 Å². The smallest absolute Gasteiger partial charge is 0.342 e. The van der Waals surface area contributed by atoms with Gasteiger partial charge in [-0.3, -0.25) is 4.79 Å². The third-order valence-electron chi connectivity index (χ3n) is 12.2. The van der Waals surface area contributed by atoms with Crippen molar-refractivity contribution in [3.05, 3.63) is 70.9 Å². The van der Waals surface area contributed by atoms with E-state index in [0.29, 0.717) is 41.6 Å². The van der Waals surface area contributed by atoms with Crippen LogP contribution in [0.1, 0.15) is 81.6 Å². The van der Waals surface area contributed by atoms with Crippen molar-refractivity contribution in [2.75, 3.05) is 0 Å². The molecule has 3 nitrogen and oxygen atoms in total. The summed E-state index contributed by atoms with van der Waals surface area (Å²) in [4.78, 5) is 29.2. The van der Waals surface area contributed by atoms with E-state index in [9.17, 15) is 4.79 Å². The number of rotatable bonds is 1. The first-order valence-corrected chi connectivity index (χ1v) is 15.6. The molecule has 0 aromatic heterocycles. The molecule has 5 aliphatic rings. The van der Waals surface area contributed by atoms with E-state index in [1.54, 1.807) is 0 Å². The van der Waals surface area contributed by atoms with Crippen LogP contribution in [-0.4, -0.2) is 17.4 Å². The molecule has 2 bridgehead atoms. The van der Waals surface area contributed by atoms with Crippen molar-refractivity contribution in [2.24, 2.45) is 58.7 Å². The van der Waals surface area contributed by atoms with Crippen LogP contribution in [0, 0.1) is 58.7 Å². The van der Waals surface area contributed by atoms with Gasteiger partial charge in [0.2, 0.25) is 0 Å². The van der Waals surface area contributed by atoms with Crippen molar-refractivity contribution in [2.45, 2.75) is 87.2 Å². The molecule has 0 saturated heterocycles. The summed E-state index contributed by atoms with van der Waals surface area (Å²) in [5.74, 6) is 1.95. The first-order valence-electron chi connectivity index (χ1n) is 15.6. The Kier molecular flexibility index (Phi) is 7.37. The molecular weight excluding hydrogens is 492 g/mol. The number of fused-ring (bicyclic) bond motifs is 3. The average Bonchev–Trinajstić information content (AvgIpc) is 3.14. The molecule has 0 N–H and O–H groups in total. The highest BCUT2D eigenvalue weighted by Gasteiger charge is 2.61. The van der Waals surface area contributed by atoms with E-state index in [4.69, 9.17) is 4.74 Å². The minimum Gasteiger partial charge on any atom is -0.450 e. The number of carbonyl (C=O) groups is 2. The first-order chi connectivity index (χ1) is 18.8. The average molecular weight is 543 g/mol. The Morgan fingerprint density at radius 1 is 0.975 bits per heavy atom. The van der Waals surface area contributed by atoms with E-state index in [-0.39, 0.29) is 29.5 Å². The predicted molar refractivity (Wildman–Crippen MR) is 163 cm³/mol. The molecular formula is C37H50O3. The highest BCUT2D eigenvalue weighted by molar-refractivity contribution is 6.22. The predicted octanol–water partition coefficient (Wildman–Crippen LogP) is 8.61.